The lowest BCUT2D eigenvalue weighted by Gasteiger charge is -2.35. The number of Topliss-reactive ketones (excluding diaryl/α,β-unsaturated/α-hetero) is 1. The molecule has 3 aliphatic rings. The fraction of sp³-hybridized carbons (Fsp3) is 0.800. The lowest BCUT2D eigenvalue weighted by Crippen LogP contribution is -2.59. The predicted octanol–water partition coefficient (Wildman–Crippen LogP) is 0.190. The second-order valence-corrected chi connectivity index (χ2v) is 8.94. The van der Waals surface area contributed by atoms with Gasteiger partial charge in [0, 0.05) is 13.5 Å². The van der Waals surface area contributed by atoms with E-state index in [1.54, 1.807) is 9.80 Å². The maximum atomic E-state index is 13.4. The van der Waals surface area contributed by atoms with Gasteiger partial charge in [0.15, 0.2) is 5.78 Å². The Balaban J connectivity index is 1.77. The zero-order chi connectivity index (χ0) is 20.6. The van der Waals surface area contributed by atoms with Gasteiger partial charge >= 0.3 is 0 Å². The van der Waals surface area contributed by atoms with E-state index in [0.717, 1.165) is 12.8 Å². The number of nitrogens with two attached hydrogens (primary N) is 1. The van der Waals surface area contributed by atoms with Crippen LogP contribution in [0.25, 0.3) is 0 Å². The number of amides is 3. The summed E-state index contributed by atoms with van der Waals surface area (Å²) in [6.07, 6.45) is 4.06. The number of rotatable bonds is 5. The van der Waals surface area contributed by atoms with E-state index in [4.69, 9.17) is 5.73 Å². The maximum absolute atomic E-state index is 13.4. The number of ketones is 1. The number of hydrogen-bond acceptors (Lipinski definition) is 5. The van der Waals surface area contributed by atoms with Gasteiger partial charge in [-0.25, -0.2) is 0 Å². The van der Waals surface area contributed by atoms with Gasteiger partial charge in [-0.3, -0.25) is 19.2 Å². The van der Waals surface area contributed by atoms with Gasteiger partial charge < -0.3 is 20.9 Å². The number of hydrogen-bond donors (Lipinski definition) is 2. The molecule has 3 atom stereocenters. The zero-order valence-corrected chi connectivity index (χ0v) is 17.1. The fourth-order valence-corrected chi connectivity index (χ4v) is 5.14. The molecule has 3 rings (SSSR count). The lowest BCUT2D eigenvalue weighted by atomic mass is 9.94. The van der Waals surface area contributed by atoms with Crippen molar-refractivity contribution in [2.75, 3.05) is 13.1 Å². The Morgan fingerprint density at radius 1 is 1.21 bits per heavy atom. The van der Waals surface area contributed by atoms with Crippen LogP contribution >= 0.6 is 0 Å². The van der Waals surface area contributed by atoms with Gasteiger partial charge in [0.05, 0.1) is 18.6 Å². The van der Waals surface area contributed by atoms with Gasteiger partial charge in [0.1, 0.15) is 11.6 Å². The molecule has 156 valence electrons. The molecule has 1 aliphatic carbocycles. The van der Waals surface area contributed by atoms with Crippen molar-refractivity contribution in [1.82, 2.24) is 15.1 Å². The summed E-state index contributed by atoms with van der Waals surface area (Å²) in [5, 5.41) is 2.86. The van der Waals surface area contributed by atoms with E-state index < -0.39 is 17.6 Å². The highest BCUT2D eigenvalue weighted by Gasteiger charge is 2.55. The molecule has 1 saturated carbocycles. The van der Waals surface area contributed by atoms with Crippen LogP contribution in [-0.4, -0.2) is 70.1 Å². The van der Waals surface area contributed by atoms with Gasteiger partial charge in [-0.1, -0.05) is 26.7 Å². The Kier molecular flexibility index (Phi) is 5.79. The van der Waals surface area contributed by atoms with Crippen LogP contribution in [0.4, 0.5) is 0 Å². The van der Waals surface area contributed by atoms with E-state index >= 15 is 0 Å². The van der Waals surface area contributed by atoms with Crippen molar-refractivity contribution < 1.29 is 19.2 Å². The van der Waals surface area contributed by atoms with Crippen LogP contribution in [-0.2, 0) is 19.2 Å². The molecule has 2 saturated heterocycles. The molecule has 3 unspecified atom stereocenters. The standard InChI is InChI=1S/C20H32N4O4/c1-12(2)10-14(21)18(27)23-9-6-15-17(23)16(26)11-24(15)19(28)20(22-13(3)25)7-4-5-8-20/h12,14-15,17H,4-11,21H2,1-3H3,(H,22,25). The van der Waals surface area contributed by atoms with E-state index in [1.807, 2.05) is 13.8 Å². The Morgan fingerprint density at radius 3 is 2.43 bits per heavy atom. The molecule has 3 amide bonds. The minimum absolute atomic E-state index is 0.00129. The van der Waals surface area contributed by atoms with E-state index in [1.165, 1.54) is 6.92 Å². The molecule has 0 spiro atoms. The predicted molar refractivity (Wildman–Crippen MR) is 103 cm³/mol. The average molecular weight is 393 g/mol. The molecule has 8 heteroatoms. The summed E-state index contributed by atoms with van der Waals surface area (Å²) in [5.41, 5.74) is 5.16. The summed E-state index contributed by atoms with van der Waals surface area (Å²) in [6, 6.07) is -1.55. The third-order valence-corrected chi connectivity index (χ3v) is 6.29. The monoisotopic (exact) mass is 392 g/mol. The van der Waals surface area contributed by atoms with Crippen molar-refractivity contribution in [2.24, 2.45) is 11.7 Å². The van der Waals surface area contributed by atoms with E-state index in [2.05, 4.69) is 5.32 Å². The summed E-state index contributed by atoms with van der Waals surface area (Å²) in [7, 11) is 0. The largest absolute Gasteiger partial charge is 0.342 e. The van der Waals surface area contributed by atoms with Crippen LogP contribution < -0.4 is 11.1 Å². The summed E-state index contributed by atoms with van der Waals surface area (Å²) in [6.45, 7) is 5.85. The van der Waals surface area contributed by atoms with Crippen molar-refractivity contribution in [3.8, 4) is 0 Å². The highest BCUT2D eigenvalue weighted by molar-refractivity contribution is 6.01. The van der Waals surface area contributed by atoms with Crippen molar-refractivity contribution in [2.45, 2.75) is 83.0 Å². The smallest absolute Gasteiger partial charge is 0.249 e. The Labute approximate surface area is 166 Å². The molecular weight excluding hydrogens is 360 g/mol. The summed E-state index contributed by atoms with van der Waals surface area (Å²) in [4.78, 5) is 53.8. The topological polar surface area (TPSA) is 113 Å². The van der Waals surface area contributed by atoms with Crippen LogP contribution in [0.1, 0.15) is 59.3 Å². The number of nitrogens with zero attached hydrogens (tertiary/aromatic N) is 2. The molecule has 8 nitrogen and oxygen atoms in total. The molecule has 0 aromatic rings. The van der Waals surface area contributed by atoms with E-state index in [9.17, 15) is 19.2 Å². The first kappa shape index (κ1) is 20.8. The molecule has 2 heterocycles. The third-order valence-electron chi connectivity index (χ3n) is 6.29. The van der Waals surface area contributed by atoms with Crippen molar-refractivity contribution in [1.29, 1.82) is 0 Å². The van der Waals surface area contributed by atoms with Crippen LogP contribution in [0, 0.1) is 5.92 Å². The molecule has 3 fully saturated rings. The van der Waals surface area contributed by atoms with Gasteiger partial charge in [0.25, 0.3) is 0 Å². The van der Waals surface area contributed by atoms with Crippen LogP contribution in [0.5, 0.6) is 0 Å². The molecule has 2 aliphatic heterocycles. The minimum atomic E-state index is -0.910. The summed E-state index contributed by atoms with van der Waals surface area (Å²) in [5.74, 6) is -0.449. The third kappa shape index (κ3) is 3.66. The van der Waals surface area contributed by atoms with E-state index in [0.29, 0.717) is 32.2 Å². The normalized spacial score (nSPS) is 27.2. The SMILES string of the molecule is CC(=O)NC1(C(=O)N2CC(=O)C3C2CCN3C(=O)C(N)CC(C)C)CCCC1. The highest BCUT2D eigenvalue weighted by Crippen LogP contribution is 2.37. The second-order valence-electron chi connectivity index (χ2n) is 8.94. The molecule has 0 bridgehead atoms. The lowest BCUT2D eigenvalue weighted by molar-refractivity contribution is -0.142. The molecule has 0 aromatic heterocycles. The molecule has 0 aromatic carbocycles. The Bertz CT molecular complexity index is 671. The summed E-state index contributed by atoms with van der Waals surface area (Å²) >= 11 is 0. The molecule has 3 N–H and O–H groups in total. The van der Waals surface area contributed by atoms with Crippen molar-refractivity contribution in [3.63, 3.8) is 0 Å². The fourth-order valence-electron chi connectivity index (χ4n) is 5.14. The van der Waals surface area contributed by atoms with Gasteiger partial charge in [-0.2, -0.15) is 0 Å². The Morgan fingerprint density at radius 2 is 1.86 bits per heavy atom. The van der Waals surface area contributed by atoms with Gasteiger partial charge in [-0.05, 0) is 31.6 Å². The number of nitrogens with one attached hydrogen (secondary N) is 1. The van der Waals surface area contributed by atoms with Crippen LogP contribution in [0.3, 0.4) is 0 Å². The highest BCUT2D eigenvalue weighted by atomic mass is 16.2. The van der Waals surface area contributed by atoms with Crippen molar-refractivity contribution >= 4 is 23.5 Å². The first-order valence-electron chi connectivity index (χ1n) is 10.3. The van der Waals surface area contributed by atoms with E-state index in [-0.39, 0.29) is 42.0 Å². The zero-order valence-electron chi connectivity index (χ0n) is 17.1. The maximum Gasteiger partial charge on any atom is 0.249 e. The molecular formula is C20H32N4O4. The van der Waals surface area contributed by atoms with Crippen LogP contribution in [0.2, 0.25) is 0 Å². The number of carbonyl (C=O) groups is 4. The number of carbonyl (C=O) groups excluding carboxylic acids is 4. The second kappa shape index (κ2) is 7.81. The minimum Gasteiger partial charge on any atom is -0.342 e. The summed E-state index contributed by atoms with van der Waals surface area (Å²) < 4.78 is 0. The molecule has 0 radical (unpaired) electrons. The quantitative estimate of drug-likeness (QED) is 0.693. The average Bonchev–Trinajstić information content (AvgIpc) is 3.30. The number of fused-ring (bicyclic) bond motifs is 1. The number of likely N-dealkylation sites (tertiary alicyclic amines) is 2. The Hall–Kier alpha value is -1.96. The van der Waals surface area contributed by atoms with Gasteiger partial charge in [0.2, 0.25) is 17.7 Å². The van der Waals surface area contributed by atoms with Crippen molar-refractivity contribution in [3.05, 3.63) is 0 Å². The van der Waals surface area contributed by atoms with Crippen LogP contribution in [0.15, 0.2) is 0 Å². The van der Waals surface area contributed by atoms with Gasteiger partial charge in [-0.15, -0.1) is 0 Å². The first-order valence-corrected chi connectivity index (χ1v) is 10.3. The first-order chi connectivity index (χ1) is 13.2. The molecule has 28 heavy (non-hydrogen) atoms.